The second kappa shape index (κ2) is 8.36. The van der Waals surface area contributed by atoms with Gasteiger partial charge < -0.3 is 15.8 Å². The Bertz CT molecular complexity index is 719. The molecule has 0 bridgehead atoms. The van der Waals surface area contributed by atoms with Crippen LogP contribution in [-0.2, 0) is 9.53 Å². The van der Waals surface area contributed by atoms with Crippen LogP contribution in [0.1, 0.15) is 28.8 Å². The van der Waals surface area contributed by atoms with Crippen LogP contribution < -0.4 is 11.1 Å². The van der Waals surface area contributed by atoms with Crippen LogP contribution in [0.2, 0.25) is 5.02 Å². The van der Waals surface area contributed by atoms with Crippen LogP contribution >= 0.6 is 11.6 Å². The molecule has 0 heterocycles. The molecule has 126 valence electrons. The molecule has 0 radical (unpaired) electrons. The number of hydrogen-bond donors (Lipinski definition) is 2. The molecule has 2 aromatic rings. The van der Waals surface area contributed by atoms with Crippen molar-refractivity contribution in [2.45, 2.75) is 12.8 Å². The number of carbonyl (C=O) groups excluding carboxylic acids is 2. The van der Waals surface area contributed by atoms with E-state index in [9.17, 15) is 9.59 Å². The summed E-state index contributed by atoms with van der Waals surface area (Å²) in [5, 5.41) is 3.11. The van der Waals surface area contributed by atoms with Crippen molar-refractivity contribution < 1.29 is 14.3 Å². The Morgan fingerprint density at radius 3 is 2.58 bits per heavy atom. The van der Waals surface area contributed by atoms with Crippen LogP contribution in [0.5, 0.6) is 0 Å². The molecule has 5 nitrogen and oxygen atoms in total. The van der Waals surface area contributed by atoms with E-state index in [2.05, 4.69) is 5.32 Å². The fourth-order valence-corrected chi connectivity index (χ4v) is 2.22. The predicted molar refractivity (Wildman–Crippen MR) is 94.0 cm³/mol. The molecule has 24 heavy (non-hydrogen) atoms. The summed E-state index contributed by atoms with van der Waals surface area (Å²) in [6.07, 6.45) is 0. The van der Waals surface area contributed by atoms with E-state index in [4.69, 9.17) is 22.1 Å². The fourth-order valence-electron chi connectivity index (χ4n) is 2.10. The number of esters is 1. The standard InChI is InChI=1S/C18H19ClN2O3/c1-12(13-5-3-2-4-6-13)10-21-17(22)11-24-18(23)14-7-8-15(19)16(20)9-14/h2-9,12H,10-11,20H2,1H3,(H,21,22)/t12-/m1/s1. The third kappa shape index (κ3) is 4.99. The van der Waals surface area contributed by atoms with Gasteiger partial charge in [-0.1, -0.05) is 48.9 Å². The highest BCUT2D eigenvalue weighted by Crippen LogP contribution is 2.19. The Balaban J connectivity index is 1.78. The summed E-state index contributed by atoms with van der Waals surface area (Å²) in [7, 11) is 0. The number of hydrogen-bond acceptors (Lipinski definition) is 4. The minimum absolute atomic E-state index is 0.168. The molecule has 2 rings (SSSR count). The summed E-state index contributed by atoms with van der Waals surface area (Å²) in [6.45, 7) is 2.13. The molecule has 0 aliphatic carbocycles. The lowest BCUT2D eigenvalue weighted by Gasteiger charge is -2.13. The minimum Gasteiger partial charge on any atom is -0.452 e. The summed E-state index contributed by atoms with van der Waals surface area (Å²) in [5.74, 6) is -0.806. The quantitative estimate of drug-likeness (QED) is 0.622. The van der Waals surface area contributed by atoms with Crippen molar-refractivity contribution in [3.05, 3.63) is 64.7 Å². The Kier molecular flexibility index (Phi) is 6.21. The minimum atomic E-state index is -0.621. The topological polar surface area (TPSA) is 81.4 Å². The molecule has 3 N–H and O–H groups in total. The van der Waals surface area contributed by atoms with E-state index in [1.807, 2.05) is 37.3 Å². The van der Waals surface area contributed by atoms with Gasteiger partial charge >= 0.3 is 5.97 Å². The van der Waals surface area contributed by atoms with E-state index in [1.54, 1.807) is 0 Å². The summed E-state index contributed by atoms with van der Waals surface area (Å²) >= 11 is 5.79. The number of nitrogen functional groups attached to an aromatic ring is 1. The number of rotatable bonds is 6. The Morgan fingerprint density at radius 2 is 1.92 bits per heavy atom. The summed E-state index contributed by atoms with van der Waals surface area (Å²) in [4.78, 5) is 23.7. The normalized spacial score (nSPS) is 11.6. The summed E-state index contributed by atoms with van der Waals surface area (Å²) in [5.41, 5.74) is 7.30. The maximum Gasteiger partial charge on any atom is 0.338 e. The number of amides is 1. The number of halogens is 1. The van der Waals surface area contributed by atoms with E-state index in [1.165, 1.54) is 18.2 Å². The van der Waals surface area contributed by atoms with E-state index < -0.39 is 5.97 Å². The number of carbonyl (C=O) groups is 2. The van der Waals surface area contributed by atoms with Crippen LogP contribution in [0.25, 0.3) is 0 Å². The zero-order chi connectivity index (χ0) is 17.5. The highest BCUT2D eigenvalue weighted by atomic mass is 35.5. The van der Waals surface area contributed by atoms with Crippen molar-refractivity contribution in [2.24, 2.45) is 0 Å². The molecule has 0 saturated carbocycles. The molecule has 6 heteroatoms. The van der Waals surface area contributed by atoms with Gasteiger partial charge in [-0.15, -0.1) is 0 Å². The number of nitrogens with one attached hydrogen (secondary N) is 1. The third-order valence-corrected chi connectivity index (χ3v) is 3.88. The van der Waals surface area contributed by atoms with Gasteiger partial charge in [0.15, 0.2) is 6.61 Å². The largest absolute Gasteiger partial charge is 0.452 e. The van der Waals surface area contributed by atoms with Crippen LogP contribution in [0.4, 0.5) is 5.69 Å². The molecule has 0 aromatic heterocycles. The first-order valence-corrected chi connectivity index (χ1v) is 7.89. The molecular weight excluding hydrogens is 328 g/mol. The van der Waals surface area contributed by atoms with Gasteiger partial charge in [-0.3, -0.25) is 4.79 Å². The van der Waals surface area contributed by atoms with E-state index >= 15 is 0 Å². The number of ether oxygens (including phenoxy) is 1. The fraction of sp³-hybridized carbons (Fsp3) is 0.222. The SMILES string of the molecule is C[C@H](CNC(=O)COC(=O)c1ccc(Cl)c(N)c1)c1ccccc1. The zero-order valence-electron chi connectivity index (χ0n) is 13.3. The first-order valence-electron chi connectivity index (χ1n) is 7.51. The van der Waals surface area contributed by atoms with Gasteiger partial charge in [-0.25, -0.2) is 4.79 Å². The van der Waals surface area contributed by atoms with Crippen LogP contribution in [0.15, 0.2) is 48.5 Å². The molecule has 0 fully saturated rings. The molecule has 1 atom stereocenters. The smallest absolute Gasteiger partial charge is 0.338 e. The molecule has 1 amide bonds. The average molecular weight is 347 g/mol. The lowest BCUT2D eigenvalue weighted by atomic mass is 10.0. The molecule has 0 aliphatic heterocycles. The average Bonchev–Trinajstić information content (AvgIpc) is 2.60. The van der Waals surface area contributed by atoms with Crippen molar-refractivity contribution in [1.29, 1.82) is 0 Å². The lowest BCUT2D eigenvalue weighted by molar-refractivity contribution is -0.124. The highest BCUT2D eigenvalue weighted by Gasteiger charge is 2.12. The third-order valence-electron chi connectivity index (χ3n) is 3.54. The Labute approximate surface area is 145 Å². The van der Waals surface area contributed by atoms with Crippen molar-refractivity contribution in [3.63, 3.8) is 0 Å². The number of anilines is 1. The molecule has 0 spiro atoms. The lowest BCUT2D eigenvalue weighted by Crippen LogP contribution is -2.31. The van der Waals surface area contributed by atoms with Gasteiger partial charge in [0.25, 0.3) is 5.91 Å². The highest BCUT2D eigenvalue weighted by molar-refractivity contribution is 6.33. The van der Waals surface area contributed by atoms with Crippen LogP contribution in [-0.4, -0.2) is 25.0 Å². The zero-order valence-corrected chi connectivity index (χ0v) is 14.0. The second-order valence-corrected chi connectivity index (χ2v) is 5.84. The maximum absolute atomic E-state index is 11.9. The van der Waals surface area contributed by atoms with Crippen molar-refractivity contribution >= 4 is 29.2 Å². The number of nitrogens with two attached hydrogens (primary N) is 1. The van der Waals surface area contributed by atoms with E-state index in [0.717, 1.165) is 5.56 Å². The summed E-state index contributed by atoms with van der Waals surface area (Å²) in [6, 6.07) is 14.3. The van der Waals surface area contributed by atoms with E-state index in [-0.39, 0.29) is 29.7 Å². The maximum atomic E-state index is 11.9. The first-order chi connectivity index (χ1) is 11.5. The Hall–Kier alpha value is -2.53. The molecule has 0 aliphatic rings. The van der Waals surface area contributed by atoms with Crippen molar-refractivity contribution in [2.75, 3.05) is 18.9 Å². The van der Waals surface area contributed by atoms with Crippen molar-refractivity contribution in [3.8, 4) is 0 Å². The monoisotopic (exact) mass is 346 g/mol. The second-order valence-electron chi connectivity index (χ2n) is 5.43. The van der Waals surface area contributed by atoms with E-state index in [0.29, 0.717) is 11.6 Å². The van der Waals surface area contributed by atoms with Gasteiger partial charge in [0.2, 0.25) is 0 Å². The predicted octanol–water partition coefficient (Wildman–Crippen LogP) is 3.00. The number of benzene rings is 2. The molecule has 0 unspecified atom stereocenters. The van der Waals surface area contributed by atoms with Crippen LogP contribution in [0, 0.1) is 0 Å². The molecule has 0 saturated heterocycles. The summed E-state index contributed by atoms with van der Waals surface area (Å²) < 4.78 is 4.97. The first kappa shape index (κ1) is 17.8. The van der Waals surface area contributed by atoms with Gasteiger partial charge in [0.05, 0.1) is 16.3 Å². The van der Waals surface area contributed by atoms with Gasteiger partial charge in [0.1, 0.15) is 0 Å². The van der Waals surface area contributed by atoms with Crippen molar-refractivity contribution in [1.82, 2.24) is 5.32 Å². The van der Waals surface area contributed by atoms with Gasteiger partial charge in [0, 0.05) is 6.54 Å². The Morgan fingerprint density at radius 1 is 1.21 bits per heavy atom. The molecule has 2 aromatic carbocycles. The van der Waals surface area contributed by atoms with Crippen LogP contribution in [0.3, 0.4) is 0 Å². The van der Waals surface area contributed by atoms with Gasteiger partial charge in [-0.05, 0) is 29.7 Å². The van der Waals surface area contributed by atoms with Gasteiger partial charge in [-0.2, -0.15) is 0 Å². The molecular formula is C18H19ClN2O3.